The molecule has 2 aromatic rings. The van der Waals surface area contributed by atoms with Gasteiger partial charge in [0, 0.05) is 58.6 Å². The average molecular weight is 494 g/mol. The zero-order chi connectivity index (χ0) is 19.1. The van der Waals surface area contributed by atoms with Crippen molar-refractivity contribution in [1.29, 1.82) is 0 Å². The summed E-state index contributed by atoms with van der Waals surface area (Å²) in [4.78, 5) is 16.2. The number of aliphatic imine (C=N–C) groups is 1. The predicted molar refractivity (Wildman–Crippen MR) is 127 cm³/mol. The van der Waals surface area contributed by atoms with E-state index in [1.54, 1.807) is 0 Å². The van der Waals surface area contributed by atoms with Crippen LogP contribution in [0.2, 0.25) is 0 Å². The Morgan fingerprint density at radius 2 is 1.79 bits per heavy atom. The lowest BCUT2D eigenvalue weighted by molar-refractivity contribution is 0.312. The Kier molecular flexibility index (Phi) is 8.98. The summed E-state index contributed by atoms with van der Waals surface area (Å²) in [7, 11) is 6.20. The molecule has 0 spiro atoms. The van der Waals surface area contributed by atoms with E-state index in [1.807, 2.05) is 49.5 Å². The number of hydrogen-bond donors (Lipinski definition) is 1. The molecule has 28 heavy (non-hydrogen) atoms. The van der Waals surface area contributed by atoms with Crippen LogP contribution < -0.4 is 10.2 Å². The number of rotatable bonds is 5. The van der Waals surface area contributed by atoms with E-state index in [0.29, 0.717) is 13.1 Å². The van der Waals surface area contributed by atoms with E-state index in [9.17, 15) is 0 Å². The van der Waals surface area contributed by atoms with Gasteiger partial charge in [-0.3, -0.25) is 0 Å². The van der Waals surface area contributed by atoms with Crippen molar-refractivity contribution < 1.29 is 0 Å². The molecule has 1 aliphatic rings. The summed E-state index contributed by atoms with van der Waals surface area (Å²) in [5.74, 6) is 1.96. The first kappa shape index (κ1) is 22.4. The Hall–Kier alpha value is -1.87. The summed E-state index contributed by atoms with van der Waals surface area (Å²) in [6.45, 7) is 5.56. The lowest BCUT2D eigenvalue weighted by Gasteiger charge is -2.34. The lowest BCUT2D eigenvalue weighted by atomic mass is 10.2. The van der Waals surface area contributed by atoms with Crippen molar-refractivity contribution in [1.82, 2.24) is 20.1 Å². The van der Waals surface area contributed by atoms with Crippen LogP contribution in [0.15, 0.2) is 53.7 Å². The molecule has 0 bridgehead atoms. The molecule has 0 atom stereocenters. The smallest absolute Gasteiger partial charge is 0.194 e. The second-order valence-corrected chi connectivity index (χ2v) is 7.15. The number of nitrogens with zero attached hydrogens (tertiary/aromatic N) is 5. The van der Waals surface area contributed by atoms with E-state index in [-0.39, 0.29) is 24.0 Å². The number of pyridine rings is 1. The van der Waals surface area contributed by atoms with Crippen LogP contribution in [0.25, 0.3) is 0 Å². The van der Waals surface area contributed by atoms with E-state index >= 15 is 0 Å². The molecule has 152 valence electrons. The molecule has 1 aromatic heterocycles. The third kappa shape index (κ3) is 6.34. The maximum Gasteiger partial charge on any atom is 0.194 e. The number of hydrogen-bond acceptors (Lipinski definition) is 4. The van der Waals surface area contributed by atoms with Crippen molar-refractivity contribution in [2.75, 3.05) is 52.2 Å². The monoisotopic (exact) mass is 494 g/mol. The molecule has 0 radical (unpaired) electrons. The predicted octanol–water partition coefficient (Wildman–Crippen LogP) is 2.66. The number of nitrogens with one attached hydrogen (secondary N) is 1. The molecule has 0 amide bonds. The van der Waals surface area contributed by atoms with E-state index in [1.165, 1.54) is 11.1 Å². The molecule has 0 unspecified atom stereocenters. The molecule has 1 fully saturated rings. The highest BCUT2D eigenvalue weighted by Crippen LogP contribution is 2.18. The van der Waals surface area contributed by atoms with Crippen molar-refractivity contribution in [2.45, 2.75) is 13.1 Å². The van der Waals surface area contributed by atoms with Gasteiger partial charge in [0.1, 0.15) is 5.82 Å². The van der Waals surface area contributed by atoms with Crippen molar-refractivity contribution in [3.8, 4) is 0 Å². The summed E-state index contributed by atoms with van der Waals surface area (Å²) in [6, 6.07) is 14.5. The van der Waals surface area contributed by atoms with Crippen LogP contribution in [-0.4, -0.2) is 68.1 Å². The van der Waals surface area contributed by atoms with Crippen LogP contribution in [0.3, 0.4) is 0 Å². The Bertz CT molecular complexity index is 742. The highest BCUT2D eigenvalue weighted by atomic mass is 127. The number of piperazine rings is 1. The minimum atomic E-state index is 0. The molecule has 0 saturated carbocycles. The van der Waals surface area contributed by atoms with Crippen LogP contribution in [0.4, 0.5) is 5.82 Å². The number of benzene rings is 1. The molecule has 1 aliphatic heterocycles. The maximum absolute atomic E-state index is 4.75. The average Bonchev–Trinajstić information content (AvgIpc) is 2.69. The van der Waals surface area contributed by atoms with Gasteiger partial charge in [-0.2, -0.15) is 0 Å². The fourth-order valence-corrected chi connectivity index (χ4v) is 3.15. The summed E-state index contributed by atoms with van der Waals surface area (Å²) >= 11 is 0. The van der Waals surface area contributed by atoms with Crippen molar-refractivity contribution in [3.05, 3.63) is 59.8 Å². The Morgan fingerprint density at radius 1 is 1.07 bits per heavy atom. The van der Waals surface area contributed by atoms with Crippen LogP contribution in [-0.2, 0) is 13.1 Å². The number of anilines is 1. The first-order chi connectivity index (χ1) is 13.1. The standard InChI is InChI=1S/C21H30N6.HI/c1-25(2)21(23-16-18-8-5-4-6-9-18)24-17-19-10-7-11-22-20(19)27-14-12-26(3)13-15-27;/h4-11H,12-17H2,1-3H3,(H,23,24);1H. The van der Waals surface area contributed by atoms with E-state index in [4.69, 9.17) is 4.99 Å². The second-order valence-electron chi connectivity index (χ2n) is 7.15. The quantitative estimate of drug-likeness (QED) is 0.394. The molecule has 1 N–H and O–H groups in total. The minimum absolute atomic E-state index is 0. The van der Waals surface area contributed by atoms with Gasteiger partial charge in [0.05, 0.1) is 6.54 Å². The second kappa shape index (κ2) is 11.2. The van der Waals surface area contributed by atoms with Crippen molar-refractivity contribution in [2.24, 2.45) is 4.99 Å². The molecule has 1 saturated heterocycles. The van der Waals surface area contributed by atoms with Crippen molar-refractivity contribution in [3.63, 3.8) is 0 Å². The van der Waals surface area contributed by atoms with Gasteiger partial charge in [-0.05, 0) is 18.7 Å². The Morgan fingerprint density at radius 3 is 2.46 bits per heavy atom. The molecular formula is C21H31IN6. The molecular weight excluding hydrogens is 463 g/mol. The van der Waals surface area contributed by atoms with Gasteiger partial charge in [0.25, 0.3) is 0 Å². The summed E-state index contributed by atoms with van der Waals surface area (Å²) < 4.78 is 0. The fraction of sp³-hybridized carbons (Fsp3) is 0.429. The number of aromatic nitrogens is 1. The van der Waals surface area contributed by atoms with Crippen molar-refractivity contribution >= 4 is 35.8 Å². The van der Waals surface area contributed by atoms with Gasteiger partial charge >= 0.3 is 0 Å². The molecule has 7 heteroatoms. The van der Waals surface area contributed by atoms with Gasteiger partial charge < -0.3 is 20.0 Å². The molecule has 2 heterocycles. The Balaban J connectivity index is 0.00000280. The third-order valence-electron chi connectivity index (χ3n) is 4.79. The van der Waals surface area contributed by atoms with E-state index < -0.39 is 0 Å². The summed E-state index contributed by atoms with van der Waals surface area (Å²) in [5.41, 5.74) is 2.41. The summed E-state index contributed by atoms with van der Waals surface area (Å²) in [5, 5.41) is 3.49. The van der Waals surface area contributed by atoms with E-state index in [0.717, 1.165) is 38.0 Å². The first-order valence-corrected chi connectivity index (χ1v) is 9.50. The molecule has 0 aliphatic carbocycles. The zero-order valence-corrected chi connectivity index (χ0v) is 19.3. The van der Waals surface area contributed by atoms with Gasteiger partial charge in [0.2, 0.25) is 0 Å². The lowest BCUT2D eigenvalue weighted by Crippen LogP contribution is -2.45. The Labute approximate surface area is 185 Å². The largest absolute Gasteiger partial charge is 0.354 e. The van der Waals surface area contributed by atoms with Crippen LogP contribution in [0.5, 0.6) is 0 Å². The fourth-order valence-electron chi connectivity index (χ4n) is 3.15. The first-order valence-electron chi connectivity index (χ1n) is 9.50. The van der Waals surface area contributed by atoms with Gasteiger partial charge in [-0.25, -0.2) is 9.98 Å². The minimum Gasteiger partial charge on any atom is -0.354 e. The number of likely N-dealkylation sites (N-methyl/N-ethyl adjacent to an activating group) is 1. The molecule has 1 aromatic carbocycles. The highest BCUT2D eigenvalue weighted by molar-refractivity contribution is 14.0. The molecule has 6 nitrogen and oxygen atoms in total. The van der Waals surface area contributed by atoms with Gasteiger partial charge in [0.15, 0.2) is 5.96 Å². The van der Waals surface area contributed by atoms with Gasteiger partial charge in [-0.15, -0.1) is 24.0 Å². The van der Waals surface area contributed by atoms with E-state index in [2.05, 4.69) is 45.3 Å². The number of halogens is 1. The van der Waals surface area contributed by atoms with Crippen LogP contribution in [0.1, 0.15) is 11.1 Å². The van der Waals surface area contributed by atoms with Gasteiger partial charge in [-0.1, -0.05) is 36.4 Å². The normalized spacial score (nSPS) is 15.1. The van der Waals surface area contributed by atoms with Crippen LogP contribution >= 0.6 is 24.0 Å². The zero-order valence-electron chi connectivity index (χ0n) is 17.0. The SMILES string of the molecule is CN1CCN(c2ncccc2CNC(=NCc2ccccc2)N(C)C)CC1.I. The molecule has 3 rings (SSSR count). The van der Waals surface area contributed by atoms with Crippen LogP contribution in [0, 0.1) is 0 Å². The summed E-state index contributed by atoms with van der Waals surface area (Å²) in [6.07, 6.45) is 1.88. The maximum atomic E-state index is 4.75. The highest BCUT2D eigenvalue weighted by Gasteiger charge is 2.18. The number of guanidine groups is 1. The topological polar surface area (TPSA) is 47.0 Å². The third-order valence-corrected chi connectivity index (χ3v) is 4.79.